The lowest BCUT2D eigenvalue weighted by Gasteiger charge is -2.32. The first-order valence-electron chi connectivity index (χ1n) is 11.4. The van der Waals surface area contributed by atoms with E-state index in [0.29, 0.717) is 28.4 Å². The van der Waals surface area contributed by atoms with Crippen molar-refractivity contribution in [1.29, 1.82) is 0 Å². The van der Waals surface area contributed by atoms with Crippen LogP contribution >= 0.6 is 0 Å². The van der Waals surface area contributed by atoms with Crippen LogP contribution < -0.4 is 10.2 Å². The van der Waals surface area contributed by atoms with Gasteiger partial charge in [0.05, 0.1) is 23.6 Å². The predicted octanol–water partition coefficient (Wildman–Crippen LogP) is 3.81. The van der Waals surface area contributed by atoms with Gasteiger partial charge >= 0.3 is 0 Å². The van der Waals surface area contributed by atoms with E-state index in [-0.39, 0.29) is 11.9 Å². The molecule has 1 N–H and O–H groups in total. The summed E-state index contributed by atoms with van der Waals surface area (Å²) in [6, 6.07) is 5.33. The molecular formula is C24H28FN9. The summed E-state index contributed by atoms with van der Waals surface area (Å²) >= 11 is 0. The van der Waals surface area contributed by atoms with Gasteiger partial charge in [-0.15, -0.1) is 0 Å². The molecule has 0 bridgehead atoms. The molecule has 1 aromatic carbocycles. The largest absolute Gasteiger partial charge is 0.353 e. The van der Waals surface area contributed by atoms with Crippen molar-refractivity contribution >= 4 is 28.5 Å². The summed E-state index contributed by atoms with van der Waals surface area (Å²) in [7, 11) is 2.12. The van der Waals surface area contributed by atoms with Gasteiger partial charge in [0, 0.05) is 43.9 Å². The minimum atomic E-state index is -0.367. The Bertz CT molecular complexity index is 1310. The first-order valence-corrected chi connectivity index (χ1v) is 11.4. The van der Waals surface area contributed by atoms with Crippen molar-refractivity contribution in [2.24, 2.45) is 0 Å². The fourth-order valence-electron chi connectivity index (χ4n) is 4.37. The van der Waals surface area contributed by atoms with Crippen molar-refractivity contribution in [3.63, 3.8) is 0 Å². The maximum Gasteiger partial charge on any atom is 0.151 e. The lowest BCUT2D eigenvalue weighted by molar-refractivity contribution is 0.312. The number of fused-ring (bicyclic) bond motifs is 1. The van der Waals surface area contributed by atoms with Crippen molar-refractivity contribution in [3.05, 3.63) is 48.6 Å². The summed E-state index contributed by atoms with van der Waals surface area (Å²) in [5.74, 6) is 2.42. The number of anilines is 3. The molecule has 1 fully saturated rings. The van der Waals surface area contributed by atoms with Gasteiger partial charge in [-0.3, -0.25) is 0 Å². The van der Waals surface area contributed by atoms with Gasteiger partial charge in [0.25, 0.3) is 0 Å². The van der Waals surface area contributed by atoms with Gasteiger partial charge in [0.2, 0.25) is 0 Å². The number of piperazine rings is 1. The van der Waals surface area contributed by atoms with E-state index in [1.165, 1.54) is 12.4 Å². The summed E-state index contributed by atoms with van der Waals surface area (Å²) in [5, 5.41) is 3.17. The number of nitrogens with zero attached hydrogens (tertiary/aromatic N) is 8. The molecule has 1 aliphatic heterocycles. The van der Waals surface area contributed by atoms with Crippen LogP contribution in [0.25, 0.3) is 22.3 Å². The molecule has 5 rings (SSSR count). The molecule has 9 nitrogen and oxygen atoms in total. The standard InChI is InChI=1S/C24H28FN9/c1-15(2)34-16(3)30-24-18(25)9-17(10-20(24)34)19-11-21(29-14-28-19)31-22-12-27-23(13-26-22)33-7-5-32(4)6-8-33/h9-15H,5-8H2,1-4H3,(H,26,28,29,31). The molecule has 0 saturated carbocycles. The van der Waals surface area contributed by atoms with Crippen molar-refractivity contribution in [2.45, 2.75) is 26.8 Å². The van der Waals surface area contributed by atoms with Crippen LogP contribution in [0.2, 0.25) is 0 Å². The molecule has 10 heteroatoms. The van der Waals surface area contributed by atoms with Gasteiger partial charge in [0.15, 0.2) is 5.82 Å². The molecule has 0 radical (unpaired) electrons. The highest BCUT2D eigenvalue weighted by Crippen LogP contribution is 2.29. The van der Waals surface area contributed by atoms with E-state index in [9.17, 15) is 4.39 Å². The highest BCUT2D eigenvalue weighted by molar-refractivity contribution is 5.83. The minimum absolute atomic E-state index is 0.162. The summed E-state index contributed by atoms with van der Waals surface area (Å²) in [4.78, 5) is 26.7. The second-order valence-electron chi connectivity index (χ2n) is 8.91. The number of likely N-dealkylation sites (N-methyl/N-ethyl adjacent to an activating group) is 1. The van der Waals surface area contributed by atoms with E-state index >= 15 is 0 Å². The zero-order valence-electron chi connectivity index (χ0n) is 19.8. The summed E-state index contributed by atoms with van der Waals surface area (Å²) < 4.78 is 16.9. The lowest BCUT2D eigenvalue weighted by atomic mass is 10.1. The zero-order valence-corrected chi connectivity index (χ0v) is 19.8. The Morgan fingerprint density at radius 1 is 0.941 bits per heavy atom. The average Bonchev–Trinajstić information content (AvgIpc) is 3.17. The van der Waals surface area contributed by atoms with Crippen LogP contribution in [0.5, 0.6) is 0 Å². The Morgan fingerprint density at radius 3 is 2.44 bits per heavy atom. The first kappa shape index (κ1) is 22.1. The number of nitrogens with one attached hydrogen (secondary N) is 1. The quantitative estimate of drug-likeness (QED) is 0.480. The SMILES string of the molecule is Cc1nc2c(F)cc(-c3cc(Nc4cnc(N5CCN(C)CC5)cn4)ncn3)cc2n1C(C)C. The van der Waals surface area contributed by atoms with E-state index in [1.807, 2.05) is 17.6 Å². The molecule has 3 aromatic heterocycles. The molecule has 34 heavy (non-hydrogen) atoms. The molecule has 0 spiro atoms. The monoisotopic (exact) mass is 461 g/mol. The Morgan fingerprint density at radius 2 is 1.74 bits per heavy atom. The van der Waals surface area contributed by atoms with Gasteiger partial charge in [0.1, 0.15) is 35.1 Å². The normalized spacial score (nSPS) is 14.8. The number of benzene rings is 1. The Hall–Kier alpha value is -3.66. The third-order valence-electron chi connectivity index (χ3n) is 6.13. The van der Waals surface area contributed by atoms with E-state index in [0.717, 1.165) is 43.3 Å². The van der Waals surface area contributed by atoms with Crippen LogP contribution in [0.3, 0.4) is 0 Å². The summed E-state index contributed by atoms with van der Waals surface area (Å²) in [6.45, 7) is 9.89. The number of imidazole rings is 1. The molecule has 0 aliphatic carbocycles. The molecule has 4 aromatic rings. The van der Waals surface area contributed by atoms with E-state index in [1.54, 1.807) is 18.5 Å². The smallest absolute Gasteiger partial charge is 0.151 e. The van der Waals surface area contributed by atoms with Crippen LogP contribution in [0.4, 0.5) is 21.8 Å². The topological polar surface area (TPSA) is 87.9 Å². The molecule has 176 valence electrons. The van der Waals surface area contributed by atoms with E-state index < -0.39 is 0 Å². The molecule has 1 saturated heterocycles. The average molecular weight is 462 g/mol. The molecule has 4 heterocycles. The molecule has 0 amide bonds. The number of aromatic nitrogens is 6. The lowest BCUT2D eigenvalue weighted by Crippen LogP contribution is -2.44. The molecule has 0 unspecified atom stereocenters. The third-order valence-corrected chi connectivity index (χ3v) is 6.13. The molecular weight excluding hydrogens is 433 g/mol. The Balaban J connectivity index is 1.39. The second-order valence-corrected chi connectivity index (χ2v) is 8.91. The highest BCUT2D eigenvalue weighted by atomic mass is 19.1. The van der Waals surface area contributed by atoms with Crippen LogP contribution in [-0.2, 0) is 0 Å². The molecule has 0 atom stereocenters. The minimum Gasteiger partial charge on any atom is -0.353 e. The Labute approximate surface area is 197 Å². The fourth-order valence-corrected chi connectivity index (χ4v) is 4.37. The van der Waals surface area contributed by atoms with Gasteiger partial charge in [-0.05, 0) is 40.0 Å². The number of hydrogen-bond acceptors (Lipinski definition) is 8. The van der Waals surface area contributed by atoms with Gasteiger partial charge in [-0.2, -0.15) is 0 Å². The Kier molecular flexibility index (Phi) is 5.82. The van der Waals surface area contributed by atoms with Crippen molar-refractivity contribution in [3.8, 4) is 11.3 Å². The maximum atomic E-state index is 14.9. The number of rotatable bonds is 5. The third kappa shape index (κ3) is 4.28. The van der Waals surface area contributed by atoms with Crippen molar-refractivity contribution in [2.75, 3.05) is 43.4 Å². The molecule has 1 aliphatic rings. The predicted molar refractivity (Wildman–Crippen MR) is 131 cm³/mol. The van der Waals surface area contributed by atoms with Crippen LogP contribution in [0.15, 0.2) is 36.9 Å². The van der Waals surface area contributed by atoms with E-state index in [2.05, 4.69) is 60.9 Å². The van der Waals surface area contributed by atoms with Gasteiger partial charge in [-0.1, -0.05) is 0 Å². The summed E-state index contributed by atoms with van der Waals surface area (Å²) in [5.41, 5.74) is 2.39. The number of hydrogen-bond donors (Lipinski definition) is 1. The van der Waals surface area contributed by atoms with E-state index in [4.69, 9.17) is 0 Å². The van der Waals surface area contributed by atoms with Gasteiger partial charge in [-0.25, -0.2) is 29.3 Å². The zero-order chi connectivity index (χ0) is 23.8. The van der Waals surface area contributed by atoms with Crippen LogP contribution in [-0.4, -0.2) is 67.6 Å². The summed E-state index contributed by atoms with van der Waals surface area (Å²) in [6.07, 6.45) is 4.93. The van der Waals surface area contributed by atoms with Crippen molar-refractivity contribution < 1.29 is 4.39 Å². The maximum absolute atomic E-state index is 14.9. The van der Waals surface area contributed by atoms with Gasteiger partial charge < -0.3 is 19.7 Å². The fraction of sp³-hybridized carbons (Fsp3) is 0.375. The number of halogens is 1. The first-order chi connectivity index (χ1) is 16.4. The second kappa shape index (κ2) is 8.94. The highest BCUT2D eigenvalue weighted by Gasteiger charge is 2.17. The number of aryl methyl sites for hydroxylation is 1. The van der Waals surface area contributed by atoms with Crippen molar-refractivity contribution in [1.82, 2.24) is 34.4 Å². The van der Waals surface area contributed by atoms with Crippen LogP contribution in [0, 0.1) is 12.7 Å². The van der Waals surface area contributed by atoms with Crippen LogP contribution in [0.1, 0.15) is 25.7 Å².